The van der Waals surface area contributed by atoms with Crippen LogP contribution in [0, 0.1) is 0 Å². The molecule has 0 aliphatic rings. The maximum atomic E-state index is 8.98. The van der Waals surface area contributed by atoms with Crippen molar-refractivity contribution in [3.63, 3.8) is 0 Å². The van der Waals surface area contributed by atoms with E-state index in [4.69, 9.17) is 21.4 Å². The largest absolute Gasteiger partial charge is 0.486 e. The van der Waals surface area contributed by atoms with E-state index in [9.17, 15) is 0 Å². The molecule has 0 saturated carbocycles. The highest BCUT2D eigenvalue weighted by Gasteiger charge is 2.07. The average molecular weight is 317 g/mol. The average Bonchev–Trinajstić information content (AvgIpc) is 2.96. The Hall–Kier alpha value is -2.04. The van der Waals surface area contributed by atoms with Gasteiger partial charge >= 0.3 is 0 Å². The van der Waals surface area contributed by atoms with Crippen LogP contribution >= 0.6 is 11.6 Å². The maximum absolute atomic E-state index is 8.98. The van der Waals surface area contributed by atoms with Crippen LogP contribution in [0.15, 0.2) is 42.5 Å². The van der Waals surface area contributed by atoms with Gasteiger partial charge in [-0.05, 0) is 48.7 Å². The number of ether oxygens (including phenoxy) is 1. The van der Waals surface area contributed by atoms with Gasteiger partial charge in [-0.3, -0.25) is 0 Å². The number of aliphatic hydroxyl groups is 1. The smallest absolute Gasteiger partial charge is 0.146 e. The van der Waals surface area contributed by atoms with Crippen molar-refractivity contribution in [2.75, 3.05) is 6.61 Å². The molecule has 3 aromatic rings. The molecule has 0 unspecified atom stereocenters. The van der Waals surface area contributed by atoms with Gasteiger partial charge in [0, 0.05) is 11.6 Å². The molecular weight excluding hydrogens is 300 g/mol. The molecule has 0 aliphatic heterocycles. The summed E-state index contributed by atoms with van der Waals surface area (Å²) < 4.78 is 5.71. The van der Waals surface area contributed by atoms with Gasteiger partial charge in [0.1, 0.15) is 18.2 Å². The minimum Gasteiger partial charge on any atom is -0.486 e. The molecule has 114 valence electrons. The van der Waals surface area contributed by atoms with Gasteiger partial charge in [-0.1, -0.05) is 23.7 Å². The Labute approximate surface area is 133 Å². The molecule has 3 rings (SSSR count). The zero-order valence-electron chi connectivity index (χ0n) is 12.1. The number of fused-ring (bicyclic) bond motifs is 1. The number of rotatable bonds is 6. The van der Waals surface area contributed by atoms with Crippen molar-refractivity contribution in [1.29, 1.82) is 0 Å². The van der Waals surface area contributed by atoms with Gasteiger partial charge in [0.25, 0.3) is 0 Å². The minimum atomic E-state index is 0.188. The molecule has 0 fully saturated rings. The van der Waals surface area contributed by atoms with Crippen molar-refractivity contribution in [3.05, 3.63) is 58.9 Å². The number of H-pyrrole nitrogens is 1. The molecule has 2 aromatic carbocycles. The maximum Gasteiger partial charge on any atom is 0.146 e. The van der Waals surface area contributed by atoms with Crippen LogP contribution in [0.5, 0.6) is 5.75 Å². The second kappa shape index (κ2) is 6.81. The molecule has 0 amide bonds. The van der Waals surface area contributed by atoms with E-state index in [1.54, 1.807) is 12.1 Å². The third-order valence-corrected chi connectivity index (χ3v) is 3.69. The SMILES string of the molecule is OCCCc1cccc2[nH]c(COc3ccc(Cl)cc3)nc12. The number of nitrogens with zero attached hydrogens (tertiary/aromatic N) is 1. The summed E-state index contributed by atoms with van der Waals surface area (Å²) in [5.74, 6) is 1.53. The summed E-state index contributed by atoms with van der Waals surface area (Å²) in [5.41, 5.74) is 3.08. The summed E-state index contributed by atoms with van der Waals surface area (Å²) in [7, 11) is 0. The molecule has 0 saturated heterocycles. The fourth-order valence-electron chi connectivity index (χ4n) is 2.36. The quantitative estimate of drug-likeness (QED) is 0.728. The summed E-state index contributed by atoms with van der Waals surface area (Å²) in [6, 6.07) is 13.3. The lowest BCUT2D eigenvalue weighted by molar-refractivity contribution is 0.288. The van der Waals surface area contributed by atoms with Gasteiger partial charge in [-0.15, -0.1) is 0 Å². The van der Waals surface area contributed by atoms with E-state index in [1.807, 2.05) is 30.3 Å². The lowest BCUT2D eigenvalue weighted by Crippen LogP contribution is -1.97. The predicted octanol–water partition coefficient (Wildman–Crippen LogP) is 3.72. The van der Waals surface area contributed by atoms with E-state index in [0.29, 0.717) is 11.6 Å². The van der Waals surface area contributed by atoms with E-state index >= 15 is 0 Å². The van der Waals surface area contributed by atoms with E-state index in [0.717, 1.165) is 41.0 Å². The fraction of sp³-hybridized carbons (Fsp3) is 0.235. The minimum absolute atomic E-state index is 0.188. The highest BCUT2D eigenvalue weighted by atomic mass is 35.5. The number of hydrogen-bond acceptors (Lipinski definition) is 3. The molecule has 1 heterocycles. The molecule has 0 spiro atoms. The van der Waals surface area contributed by atoms with E-state index in [-0.39, 0.29) is 6.61 Å². The number of benzene rings is 2. The van der Waals surface area contributed by atoms with E-state index in [2.05, 4.69) is 9.97 Å². The van der Waals surface area contributed by atoms with Crippen molar-refractivity contribution in [3.8, 4) is 5.75 Å². The number of aromatic amines is 1. The standard InChI is InChI=1S/C17H17ClN2O2/c18-13-6-8-14(9-7-13)22-11-16-19-15-5-1-3-12(4-2-10-21)17(15)20-16/h1,3,5-9,21H,2,4,10-11H2,(H,19,20). The highest BCUT2D eigenvalue weighted by Crippen LogP contribution is 2.20. The van der Waals surface area contributed by atoms with Gasteiger partial charge in [0.05, 0.1) is 11.0 Å². The number of imidazole rings is 1. The summed E-state index contributed by atoms with van der Waals surface area (Å²) >= 11 is 5.85. The first-order valence-corrected chi connectivity index (χ1v) is 7.60. The second-order valence-corrected chi connectivity index (χ2v) is 5.50. The van der Waals surface area contributed by atoms with Crippen LogP contribution in [0.4, 0.5) is 0 Å². The zero-order valence-corrected chi connectivity index (χ0v) is 12.8. The summed E-state index contributed by atoms with van der Waals surface area (Å²) in [6.45, 7) is 0.559. The lowest BCUT2D eigenvalue weighted by Gasteiger charge is -2.03. The number of aromatic nitrogens is 2. The second-order valence-electron chi connectivity index (χ2n) is 5.07. The summed E-state index contributed by atoms with van der Waals surface area (Å²) in [4.78, 5) is 7.88. The molecule has 0 atom stereocenters. The lowest BCUT2D eigenvalue weighted by atomic mass is 10.1. The molecular formula is C17H17ClN2O2. The molecule has 22 heavy (non-hydrogen) atoms. The van der Waals surface area contributed by atoms with E-state index < -0.39 is 0 Å². The number of aliphatic hydroxyl groups excluding tert-OH is 1. The summed E-state index contributed by atoms with van der Waals surface area (Å²) in [5, 5.41) is 9.66. The van der Waals surface area contributed by atoms with Crippen molar-refractivity contribution < 1.29 is 9.84 Å². The molecule has 4 nitrogen and oxygen atoms in total. The molecule has 1 aromatic heterocycles. The fourth-order valence-corrected chi connectivity index (χ4v) is 2.49. The van der Waals surface area contributed by atoms with Gasteiger partial charge in [-0.25, -0.2) is 4.98 Å². The summed E-state index contributed by atoms with van der Waals surface area (Å²) in [6.07, 6.45) is 1.55. The molecule has 2 N–H and O–H groups in total. The number of halogens is 1. The van der Waals surface area contributed by atoms with Crippen molar-refractivity contribution >= 4 is 22.6 Å². The normalized spacial score (nSPS) is 11.0. The topological polar surface area (TPSA) is 58.1 Å². The molecule has 5 heteroatoms. The van der Waals surface area contributed by atoms with Crippen LogP contribution < -0.4 is 4.74 Å². The monoisotopic (exact) mass is 316 g/mol. The van der Waals surface area contributed by atoms with Gasteiger partial charge < -0.3 is 14.8 Å². The molecule has 0 radical (unpaired) electrons. The van der Waals surface area contributed by atoms with Crippen molar-refractivity contribution in [2.45, 2.75) is 19.4 Å². The van der Waals surface area contributed by atoms with Gasteiger partial charge in [0.2, 0.25) is 0 Å². The number of nitrogens with one attached hydrogen (secondary N) is 1. The number of aryl methyl sites for hydroxylation is 1. The first-order valence-electron chi connectivity index (χ1n) is 7.22. The van der Waals surface area contributed by atoms with E-state index in [1.165, 1.54) is 0 Å². The third kappa shape index (κ3) is 3.40. The Bertz CT molecular complexity index is 753. The Balaban J connectivity index is 1.75. The molecule has 0 bridgehead atoms. The van der Waals surface area contributed by atoms with Crippen LogP contribution in [0.2, 0.25) is 5.02 Å². The van der Waals surface area contributed by atoms with Crippen LogP contribution in [0.25, 0.3) is 11.0 Å². The highest BCUT2D eigenvalue weighted by molar-refractivity contribution is 6.30. The zero-order chi connectivity index (χ0) is 15.4. The van der Waals surface area contributed by atoms with Crippen LogP contribution in [0.1, 0.15) is 17.8 Å². The Morgan fingerprint density at radius 1 is 1.14 bits per heavy atom. The van der Waals surface area contributed by atoms with Gasteiger partial charge in [0.15, 0.2) is 0 Å². The van der Waals surface area contributed by atoms with Crippen molar-refractivity contribution in [1.82, 2.24) is 9.97 Å². The van der Waals surface area contributed by atoms with Gasteiger partial charge in [-0.2, -0.15) is 0 Å². The predicted molar refractivity (Wildman–Crippen MR) is 87.3 cm³/mol. The number of para-hydroxylation sites is 1. The Kier molecular flexibility index (Phi) is 4.61. The first kappa shape index (κ1) is 14.9. The first-order chi connectivity index (χ1) is 10.8. The van der Waals surface area contributed by atoms with Crippen LogP contribution in [0.3, 0.4) is 0 Å². The third-order valence-electron chi connectivity index (χ3n) is 3.44. The number of hydrogen-bond donors (Lipinski definition) is 2. The Morgan fingerprint density at radius 2 is 1.95 bits per heavy atom. The van der Waals surface area contributed by atoms with Crippen molar-refractivity contribution in [2.24, 2.45) is 0 Å². The van der Waals surface area contributed by atoms with Crippen LogP contribution in [-0.2, 0) is 13.0 Å². The Morgan fingerprint density at radius 3 is 2.73 bits per heavy atom. The molecule has 0 aliphatic carbocycles. The van der Waals surface area contributed by atoms with Crippen LogP contribution in [-0.4, -0.2) is 21.7 Å².